The number of rotatable bonds is 5. The van der Waals surface area contributed by atoms with Crippen LogP contribution in [-0.2, 0) is 17.9 Å². The van der Waals surface area contributed by atoms with E-state index in [-0.39, 0.29) is 18.3 Å². The zero-order valence-corrected chi connectivity index (χ0v) is 16.1. The summed E-state index contributed by atoms with van der Waals surface area (Å²) in [5.41, 5.74) is 7.94. The number of amides is 1. The molecule has 0 bridgehead atoms. The first-order valence-electron chi connectivity index (χ1n) is 9.33. The maximum absolute atomic E-state index is 13.3. The maximum Gasteiger partial charge on any atom is 0.236 e. The monoisotopic (exact) mass is 395 g/mol. The molecule has 8 heteroatoms. The molecule has 1 aliphatic heterocycles. The minimum Gasteiger partial charge on any atom is -0.497 e. The molecule has 0 saturated carbocycles. The molecular formula is C21H22FN5O2. The van der Waals surface area contributed by atoms with E-state index in [0.29, 0.717) is 19.6 Å². The minimum absolute atomic E-state index is 0.0211. The van der Waals surface area contributed by atoms with Gasteiger partial charge in [0.1, 0.15) is 28.9 Å². The normalized spacial score (nSPS) is 13.1. The molecular weight excluding hydrogens is 373 g/mol. The van der Waals surface area contributed by atoms with Crippen molar-refractivity contribution in [2.45, 2.75) is 13.1 Å². The summed E-state index contributed by atoms with van der Waals surface area (Å²) in [4.78, 5) is 18.5. The number of nitrogens with one attached hydrogen (secondary N) is 1. The molecule has 1 aromatic heterocycles. The highest BCUT2D eigenvalue weighted by Gasteiger charge is 2.26. The fourth-order valence-electron chi connectivity index (χ4n) is 3.42. The van der Waals surface area contributed by atoms with Gasteiger partial charge in [0.25, 0.3) is 0 Å². The van der Waals surface area contributed by atoms with Crippen LogP contribution in [0.2, 0.25) is 0 Å². The van der Waals surface area contributed by atoms with Crippen LogP contribution in [0, 0.1) is 5.82 Å². The van der Waals surface area contributed by atoms with Gasteiger partial charge in [-0.25, -0.2) is 9.37 Å². The van der Waals surface area contributed by atoms with Gasteiger partial charge in [0, 0.05) is 24.3 Å². The number of nitrogens with two attached hydrogens (primary N) is 1. The summed E-state index contributed by atoms with van der Waals surface area (Å²) in [7, 11) is 1.62. The number of benzene rings is 2. The number of anilines is 2. The number of hydrogen-bond donors (Lipinski definition) is 2. The Morgan fingerprint density at radius 3 is 2.55 bits per heavy atom. The Kier molecular flexibility index (Phi) is 5.18. The van der Waals surface area contributed by atoms with Crippen molar-refractivity contribution in [3.63, 3.8) is 0 Å². The van der Waals surface area contributed by atoms with Gasteiger partial charge >= 0.3 is 0 Å². The highest BCUT2D eigenvalue weighted by Crippen LogP contribution is 2.34. The molecule has 7 nitrogen and oxygen atoms in total. The second-order valence-electron chi connectivity index (χ2n) is 6.76. The molecule has 0 radical (unpaired) electrons. The number of methoxy groups -OCH3 is 1. The Morgan fingerprint density at radius 1 is 1.17 bits per heavy atom. The van der Waals surface area contributed by atoms with E-state index in [2.05, 4.69) is 9.88 Å². The summed E-state index contributed by atoms with van der Waals surface area (Å²) < 4.78 is 20.6. The average molecular weight is 395 g/mol. The van der Waals surface area contributed by atoms with Gasteiger partial charge < -0.3 is 25.3 Å². The minimum atomic E-state index is -0.294. The molecule has 0 spiro atoms. The number of fused-ring (bicyclic) bond motifs is 1. The molecule has 1 amide bonds. The van der Waals surface area contributed by atoms with Crippen LogP contribution in [0.15, 0.2) is 48.5 Å². The molecule has 29 heavy (non-hydrogen) atoms. The highest BCUT2D eigenvalue weighted by atomic mass is 19.1. The van der Waals surface area contributed by atoms with Crippen molar-refractivity contribution in [2.24, 2.45) is 5.73 Å². The van der Waals surface area contributed by atoms with Crippen LogP contribution in [0.3, 0.4) is 0 Å². The molecule has 4 rings (SSSR count). The molecule has 3 N–H and O–H groups in total. The summed E-state index contributed by atoms with van der Waals surface area (Å²) in [6.07, 6.45) is 0. The van der Waals surface area contributed by atoms with E-state index in [0.717, 1.165) is 34.3 Å². The van der Waals surface area contributed by atoms with Crippen LogP contribution in [0.25, 0.3) is 11.3 Å². The van der Waals surface area contributed by atoms with Crippen LogP contribution >= 0.6 is 0 Å². The first-order chi connectivity index (χ1) is 14.1. The average Bonchev–Trinajstić information content (AvgIpc) is 3.12. The number of hydrogen-bond acceptors (Lipinski definition) is 5. The van der Waals surface area contributed by atoms with Crippen molar-refractivity contribution in [3.8, 4) is 17.0 Å². The second kappa shape index (κ2) is 7.92. The van der Waals surface area contributed by atoms with E-state index in [1.54, 1.807) is 24.1 Å². The van der Waals surface area contributed by atoms with Crippen LogP contribution < -0.4 is 15.8 Å². The smallest absolute Gasteiger partial charge is 0.236 e. The van der Waals surface area contributed by atoms with E-state index < -0.39 is 0 Å². The molecule has 0 saturated heterocycles. The van der Waals surface area contributed by atoms with Crippen molar-refractivity contribution < 1.29 is 13.9 Å². The standard InChI is InChI=1S/C21H22FN5O2/c1-29-17-8-2-14(3-9-17)20-21(24-16-6-4-15(22)5-7-16)27-11-10-26(19(28)12-23)13-18(27)25-20/h2-9,24H,10-13,23H2,1H3. The van der Waals surface area contributed by atoms with Gasteiger partial charge in [-0.15, -0.1) is 0 Å². The summed E-state index contributed by atoms with van der Waals surface area (Å²) >= 11 is 0. The van der Waals surface area contributed by atoms with Crippen molar-refractivity contribution in [2.75, 3.05) is 25.5 Å². The predicted molar refractivity (Wildman–Crippen MR) is 108 cm³/mol. The van der Waals surface area contributed by atoms with Crippen LogP contribution in [-0.4, -0.2) is 40.6 Å². The van der Waals surface area contributed by atoms with Gasteiger partial charge in [0.05, 0.1) is 20.2 Å². The number of ether oxygens (including phenoxy) is 1. The summed E-state index contributed by atoms with van der Waals surface area (Å²) in [5.74, 6) is 1.94. The first-order valence-corrected chi connectivity index (χ1v) is 9.33. The van der Waals surface area contributed by atoms with Gasteiger partial charge in [-0.2, -0.15) is 0 Å². The van der Waals surface area contributed by atoms with Crippen LogP contribution in [0.5, 0.6) is 5.75 Å². The van der Waals surface area contributed by atoms with Crippen LogP contribution in [0.4, 0.5) is 15.9 Å². The number of carbonyl (C=O) groups excluding carboxylic acids is 1. The Balaban J connectivity index is 1.75. The molecule has 0 fully saturated rings. The van der Waals surface area contributed by atoms with Gasteiger partial charge in [0.15, 0.2) is 0 Å². The van der Waals surface area contributed by atoms with Crippen molar-refractivity contribution in [1.82, 2.24) is 14.5 Å². The quantitative estimate of drug-likeness (QED) is 0.694. The summed E-state index contributed by atoms with van der Waals surface area (Å²) in [6, 6.07) is 13.8. The van der Waals surface area contributed by atoms with E-state index >= 15 is 0 Å². The topological polar surface area (TPSA) is 85.4 Å². The Labute approximate surface area is 167 Å². The molecule has 0 atom stereocenters. The molecule has 3 aromatic rings. The fraction of sp³-hybridized carbons (Fsp3) is 0.238. The largest absolute Gasteiger partial charge is 0.497 e. The van der Waals surface area contributed by atoms with Crippen molar-refractivity contribution >= 4 is 17.4 Å². The molecule has 2 heterocycles. The Bertz CT molecular complexity index is 1010. The maximum atomic E-state index is 13.3. The lowest BCUT2D eigenvalue weighted by molar-refractivity contribution is -0.131. The zero-order valence-electron chi connectivity index (χ0n) is 16.1. The van der Waals surface area contributed by atoms with Crippen molar-refractivity contribution in [3.05, 3.63) is 60.2 Å². The fourth-order valence-corrected chi connectivity index (χ4v) is 3.42. The first kappa shape index (κ1) is 18.9. The number of aromatic nitrogens is 2. The van der Waals surface area contributed by atoms with E-state index in [1.807, 2.05) is 24.3 Å². The number of nitrogens with zero attached hydrogens (tertiary/aromatic N) is 3. The molecule has 1 aliphatic rings. The summed E-state index contributed by atoms with van der Waals surface area (Å²) in [6.45, 7) is 1.52. The highest BCUT2D eigenvalue weighted by molar-refractivity contribution is 5.79. The number of carbonyl (C=O) groups is 1. The lowest BCUT2D eigenvalue weighted by atomic mass is 10.1. The number of halogens is 1. The lowest BCUT2D eigenvalue weighted by Crippen LogP contribution is -2.41. The van der Waals surface area contributed by atoms with Crippen molar-refractivity contribution in [1.29, 1.82) is 0 Å². The van der Waals surface area contributed by atoms with E-state index in [9.17, 15) is 9.18 Å². The van der Waals surface area contributed by atoms with Gasteiger partial charge in [-0.1, -0.05) is 0 Å². The SMILES string of the molecule is COc1ccc(-c2nc3n(c2Nc2ccc(F)cc2)CCN(C(=O)CN)C3)cc1. The second-order valence-corrected chi connectivity index (χ2v) is 6.76. The third-order valence-corrected chi connectivity index (χ3v) is 4.97. The summed E-state index contributed by atoms with van der Waals surface area (Å²) in [5, 5.41) is 3.37. The molecule has 0 unspecified atom stereocenters. The number of imidazole rings is 1. The lowest BCUT2D eigenvalue weighted by Gasteiger charge is -2.28. The third-order valence-electron chi connectivity index (χ3n) is 4.97. The van der Waals surface area contributed by atoms with E-state index in [4.69, 9.17) is 15.5 Å². The van der Waals surface area contributed by atoms with Crippen LogP contribution in [0.1, 0.15) is 5.82 Å². The van der Waals surface area contributed by atoms with Gasteiger partial charge in [-0.05, 0) is 48.5 Å². The zero-order chi connectivity index (χ0) is 20.4. The van der Waals surface area contributed by atoms with E-state index in [1.165, 1.54) is 12.1 Å². The molecule has 2 aromatic carbocycles. The van der Waals surface area contributed by atoms with Gasteiger partial charge in [-0.3, -0.25) is 4.79 Å². The molecule has 0 aliphatic carbocycles. The molecule has 150 valence electrons. The predicted octanol–water partition coefficient (Wildman–Crippen LogP) is 2.74. The third kappa shape index (κ3) is 3.79. The Morgan fingerprint density at radius 2 is 1.90 bits per heavy atom. The Hall–Kier alpha value is -3.39. The van der Waals surface area contributed by atoms with Gasteiger partial charge in [0.2, 0.25) is 5.91 Å².